The summed E-state index contributed by atoms with van der Waals surface area (Å²) in [6.45, 7) is 7.64. The van der Waals surface area contributed by atoms with Crippen LogP contribution in [-0.2, 0) is 13.1 Å². The van der Waals surface area contributed by atoms with Crippen molar-refractivity contribution in [2.45, 2.75) is 33.0 Å². The SMILES string of the molecule is CC(C)N1CCn2ccc(NN)c2C1. The van der Waals surface area contributed by atoms with Gasteiger partial charge < -0.3 is 9.99 Å². The van der Waals surface area contributed by atoms with Gasteiger partial charge in [-0.05, 0) is 19.9 Å². The topological polar surface area (TPSA) is 46.2 Å². The number of nitrogen functional groups attached to an aromatic ring is 1. The van der Waals surface area contributed by atoms with E-state index in [0.717, 1.165) is 25.3 Å². The summed E-state index contributed by atoms with van der Waals surface area (Å²) in [6, 6.07) is 2.64. The minimum atomic E-state index is 0.601. The van der Waals surface area contributed by atoms with Gasteiger partial charge in [0, 0.05) is 31.9 Å². The van der Waals surface area contributed by atoms with Crippen LogP contribution in [0.25, 0.3) is 0 Å². The van der Waals surface area contributed by atoms with E-state index in [4.69, 9.17) is 5.84 Å². The van der Waals surface area contributed by atoms with E-state index in [-0.39, 0.29) is 0 Å². The van der Waals surface area contributed by atoms with E-state index in [1.54, 1.807) is 0 Å². The maximum Gasteiger partial charge on any atom is 0.0708 e. The zero-order valence-corrected chi connectivity index (χ0v) is 8.83. The number of nitrogens with zero attached hydrogens (tertiary/aromatic N) is 2. The summed E-state index contributed by atoms with van der Waals surface area (Å²) < 4.78 is 2.27. The van der Waals surface area contributed by atoms with Crippen molar-refractivity contribution in [1.29, 1.82) is 0 Å². The highest BCUT2D eigenvalue weighted by atomic mass is 15.3. The first-order chi connectivity index (χ1) is 6.72. The van der Waals surface area contributed by atoms with Gasteiger partial charge in [-0.25, -0.2) is 0 Å². The van der Waals surface area contributed by atoms with Crippen molar-refractivity contribution in [2.75, 3.05) is 12.0 Å². The molecule has 0 spiro atoms. The summed E-state index contributed by atoms with van der Waals surface area (Å²) in [5, 5.41) is 0. The molecule has 1 aromatic rings. The van der Waals surface area contributed by atoms with E-state index >= 15 is 0 Å². The summed E-state index contributed by atoms with van der Waals surface area (Å²) in [4.78, 5) is 2.45. The van der Waals surface area contributed by atoms with Crippen LogP contribution < -0.4 is 11.3 Å². The molecule has 0 bridgehead atoms. The smallest absolute Gasteiger partial charge is 0.0708 e. The maximum atomic E-state index is 5.46. The van der Waals surface area contributed by atoms with Gasteiger partial charge in [-0.2, -0.15) is 0 Å². The van der Waals surface area contributed by atoms with Crippen LogP contribution in [0.1, 0.15) is 19.5 Å². The van der Waals surface area contributed by atoms with Crippen molar-refractivity contribution >= 4 is 5.69 Å². The quantitative estimate of drug-likeness (QED) is 0.545. The average molecular weight is 194 g/mol. The molecule has 1 aliphatic heterocycles. The third-order valence-corrected chi connectivity index (χ3v) is 2.95. The molecule has 0 unspecified atom stereocenters. The Kier molecular flexibility index (Phi) is 2.48. The van der Waals surface area contributed by atoms with Crippen LogP contribution in [0.4, 0.5) is 5.69 Å². The summed E-state index contributed by atoms with van der Waals surface area (Å²) in [5.41, 5.74) is 5.10. The molecule has 14 heavy (non-hydrogen) atoms. The Hall–Kier alpha value is -1.00. The molecule has 2 heterocycles. The molecule has 3 N–H and O–H groups in total. The van der Waals surface area contributed by atoms with Crippen LogP contribution in [0.2, 0.25) is 0 Å². The molecule has 0 radical (unpaired) electrons. The van der Waals surface area contributed by atoms with Gasteiger partial charge >= 0.3 is 0 Å². The maximum absolute atomic E-state index is 5.46. The van der Waals surface area contributed by atoms with Crippen LogP contribution in [-0.4, -0.2) is 22.1 Å². The standard InChI is InChI=1S/C10H18N4/c1-8(2)14-6-5-13-4-3-9(12-11)10(13)7-14/h3-4,8,12H,5-7,11H2,1-2H3. The minimum absolute atomic E-state index is 0.601. The third kappa shape index (κ3) is 1.51. The molecule has 78 valence electrons. The summed E-state index contributed by atoms with van der Waals surface area (Å²) in [7, 11) is 0. The fourth-order valence-corrected chi connectivity index (χ4v) is 1.97. The van der Waals surface area contributed by atoms with Crippen molar-refractivity contribution in [1.82, 2.24) is 9.47 Å². The number of anilines is 1. The zero-order valence-electron chi connectivity index (χ0n) is 8.83. The van der Waals surface area contributed by atoms with Crippen molar-refractivity contribution in [3.8, 4) is 0 Å². The molecule has 0 saturated carbocycles. The Balaban J connectivity index is 2.23. The number of fused-ring (bicyclic) bond motifs is 1. The van der Waals surface area contributed by atoms with E-state index in [1.165, 1.54) is 5.69 Å². The van der Waals surface area contributed by atoms with Gasteiger partial charge in [-0.1, -0.05) is 0 Å². The predicted octanol–water partition coefficient (Wildman–Crippen LogP) is 0.998. The second-order valence-corrected chi connectivity index (χ2v) is 4.08. The Labute approximate surface area is 84.7 Å². The fourth-order valence-electron chi connectivity index (χ4n) is 1.97. The Morgan fingerprint density at radius 1 is 1.43 bits per heavy atom. The van der Waals surface area contributed by atoms with E-state index in [2.05, 4.69) is 34.9 Å². The molecule has 2 rings (SSSR count). The highest BCUT2D eigenvalue weighted by Gasteiger charge is 2.20. The van der Waals surface area contributed by atoms with Crippen LogP contribution >= 0.6 is 0 Å². The van der Waals surface area contributed by atoms with Crippen LogP contribution in [0.15, 0.2) is 12.3 Å². The van der Waals surface area contributed by atoms with Crippen molar-refractivity contribution < 1.29 is 0 Å². The van der Waals surface area contributed by atoms with Gasteiger partial charge in [0.25, 0.3) is 0 Å². The molecule has 1 aliphatic rings. The van der Waals surface area contributed by atoms with Gasteiger partial charge in [0.1, 0.15) is 0 Å². The van der Waals surface area contributed by atoms with Crippen LogP contribution in [0.3, 0.4) is 0 Å². The summed E-state index contributed by atoms with van der Waals surface area (Å²) in [5.74, 6) is 5.46. The van der Waals surface area contributed by atoms with E-state index in [1.807, 2.05) is 6.07 Å². The summed E-state index contributed by atoms with van der Waals surface area (Å²) in [6.07, 6.45) is 2.10. The first-order valence-corrected chi connectivity index (χ1v) is 5.11. The number of aromatic nitrogens is 1. The predicted molar refractivity (Wildman–Crippen MR) is 57.8 cm³/mol. The van der Waals surface area contributed by atoms with Gasteiger partial charge in [-0.3, -0.25) is 10.7 Å². The lowest BCUT2D eigenvalue weighted by molar-refractivity contribution is 0.177. The normalized spacial score (nSPS) is 17.1. The number of nitrogens with one attached hydrogen (secondary N) is 1. The molecule has 4 nitrogen and oxygen atoms in total. The number of hydrogen-bond donors (Lipinski definition) is 2. The Bertz CT molecular complexity index is 302. The molecule has 0 fully saturated rings. The van der Waals surface area contributed by atoms with E-state index < -0.39 is 0 Å². The first kappa shape index (κ1) is 9.55. The Morgan fingerprint density at radius 3 is 2.86 bits per heavy atom. The fraction of sp³-hybridized carbons (Fsp3) is 0.600. The molecule has 0 aromatic carbocycles. The largest absolute Gasteiger partial charge is 0.347 e. The van der Waals surface area contributed by atoms with Crippen molar-refractivity contribution in [3.05, 3.63) is 18.0 Å². The average Bonchev–Trinajstić information content (AvgIpc) is 2.59. The highest BCUT2D eigenvalue weighted by molar-refractivity contribution is 5.48. The lowest BCUT2D eigenvalue weighted by Gasteiger charge is -2.32. The van der Waals surface area contributed by atoms with Gasteiger partial charge in [0.15, 0.2) is 0 Å². The van der Waals surface area contributed by atoms with Gasteiger partial charge in [0.2, 0.25) is 0 Å². The third-order valence-electron chi connectivity index (χ3n) is 2.95. The number of nitrogens with two attached hydrogens (primary N) is 1. The molecule has 0 saturated heterocycles. The van der Waals surface area contributed by atoms with Crippen molar-refractivity contribution in [3.63, 3.8) is 0 Å². The zero-order chi connectivity index (χ0) is 10.1. The molecule has 0 atom stereocenters. The molecular weight excluding hydrogens is 176 g/mol. The number of hydrazine groups is 1. The monoisotopic (exact) mass is 194 g/mol. The minimum Gasteiger partial charge on any atom is -0.347 e. The van der Waals surface area contributed by atoms with Crippen molar-refractivity contribution in [2.24, 2.45) is 5.84 Å². The summed E-state index contributed by atoms with van der Waals surface area (Å²) >= 11 is 0. The van der Waals surface area contributed by atoms with Gasteiger partial charge in [0.05, 0.1) is 11.4 Å². The highest BCUT2D eigenvalue weighted by Crippen LogP contribution is 2.22. The number of hydrogen-bond acceptors (Lipinski definition) is 3. The first-order valence-electron chi connectivity index (χ1n) is 5.11. The number of rotatable bonds is 2. The van der Waals surface area contributed by atoms with Crippen LogP contribution in [0.5, 0.6) is 0 Å². The molecule has 0 amide bonds. The van der Waals surface area contributed by atoms with E-state index in [9.17, 15) is 0 Å². The lowest BCUT2D eigenvalue weighted by Crippen LogP contribution is -2.38. The van der Waals surface area contributed by atoms with Crippen LogP contribution in [0, 0.1) is 0 Å². The van der Waals surface area contributed by atoms with E-state index in [0.29, 0.717) is 6.04 Å². The Morgan fingerprint density at radius 2 is 2.21 bits per heavy atom. The molecule has 1 aromatic heterocycles. The van der Waals surface area contributed by atoms with Gasteiger partial charge in [-0.15, -0.1) is 0 Å². The lowest BCUT2D eigenvalue weighted by atomic mass is 10.2. The molecule has 4 heteroatoms. The second kappa shape index (κ2) is 3.63. The molecule has 0 aliphatic carbocycles. The second-order valence-electron chi connectivity index (χ2n) is 4.08. The molecular formula is C10H18N4.